The van der Waals surface area contributed by atoms with E-state index in [1.165, 1.54) is 6.92 Å². The number of carbonyl (C=O) groups excluding carboxylic acids is 1. The lowest BCUT2D eigenvalue weighted by Crippen LogP contribution is -2.47. The van der Waals surface area contributed by atoms with Gasteiger partial charge in [0.15, 0.2) is 0 Å². The summed E-state index contributed by atoms with van der Waals surface area (Å²) in [6, 6.07) is 0. The molecule has 1 saturated heterocycles. The SMILES string of the molecule is C=C(C)C(=O)OC1CCC(C)(OC2(C)COC(O)(C(F)(F)F)C2)C1. The zero-order valence-electron chi connectivity index (χ0n) is 14.0. The third kappa shape index (κ3) is 3.92. The summed E-state index contributed by atoms with van der Waals surface area (Å²) in [6.45, 7) is 7.93. The molecule has 1 saturated carbocycles. The number of hydrogen-bond donors (Lipinski definition) is 1. The van der Waals surface area contributed by atoms with Crippen LogP contribution >= 0.6 is 0 Å². The molecule has 0 aromatic carbocycles. The van der Waals surface area contributed by atoms with Gasteiger partial charge in [0.25, 0.3) is 5.79 Å². The number of ether oxygens (including phenoxy) is 3. The standard InChI is InChI=1S/C16H23F3O5/c1-10(2)12(20)23-11-5-6-13(3,7-11)24-14(4)8-15(21,22-9-14)16(17,18)19/h11,21H,1,5-9H2,2-4H3. The summed E-state index contributed by atoms with van der Waals surface area (Å²) in [7, 11) is 0. The molecule has 0 bridgehead atoms. The largest absolute Gasteiger partial charge is 0.459 e. The van der Waals surface area contributed by atoms with Crippen molar-refractivity contribution in [2.45, 2.75) is 75.7 Å². The molecule has 0 spiro atoms. The summed E-state index contributed by atoms with van der Waals surface area (Å²) in [5.41, 5.74) is -1.74. The molecule has 24 heavy (non-hydrogen) atoms. The molecule has 1 heterocycles. The molecule has 5 nitrogen and oxygen atoms in total. The summed E-state index contributed by atoms with van der Waals surface area (Å²) in [5.74, 6) is -3.69. The molecule has 0 radical (unpaired) electrons. The van der Waals surface area contributed by atoms with Gasteiger partial charge >= 0.3 is 12.1 Å². The molecule has 138 valence electrons. The van der Waals surface area contributed by atoms with E-state index in [4.69, 9.17) is 9.47 Å². The quantitative estimate of drug-likeness (QED) is 0.623. The minimum absolute atomic E-state index is 0.288. The average molecular weight is 352 g/mol. The molecular weight excluding hydrogens is 329 g/mol. The van der Waals surface area contributed by atoms with E-state index >= 15 is 0 Å². The first-order valence-corrected chi connectivity index (χ1v) is 7.77. The number of rotatable bonds is 4. The smallest absolute Gasteiger partial charge is 0.443 e. The number of alkyl halides is 3. The van der Waals surface area contributed by atoms with Crippen molar-refractivity contribution in [1.82, 2.24) is 0 Å². The van der Waals surface area contributed by atoms with Crippen LogP contribution in [0.5, 0.6) is 0 Å². The minimum atomic E-state index is -4.88. The highest BCUT2D eigenvalue weighted by molar-refractivity contribution is 5.87. The predicted molar refractivity (Wildman–Crippen MR) is 78.0 cm³/mol. The van der Waals surface area contributed by atoms with E-state index in [-0.39, 0.29) is 18.3 Å². The monoisotopic (exact) mass is 352 g/mol. The lowest BCUT2D eigenvalue weighted by atomic mass is 9.96. The van der Waals surface area contributed by atoms with Gasteiger partial charge in [-0.05, 0) is 33.6 Å². The fraction of sp³-hybridized carbons (Fsp3) is 0.812. The van der Waals surface area contributed by atoms with Crippen molar-refractivity contribution in [2.75, 3.05) is 6.61 Å². The van der Waals surface area contributed by atoms with Gasteiger partial charge in [-0.2, -0.15) is 13.2 Å². The summed E-state index contributed by atoms with van der Waals surface area (Å²) in [4.78, 5) is 11.6. The fourth-order valence-electron chi connectivity index (χ4n) is 3.32. The van der Waals surface area contributed by atoms with Crippen molar-refractivity contribution in [3.63, 3.8) is 0 Å². The second-order valence-electron chi connectivity index (χ2n) is 7.30. The molecule has 1 aliphatic heterocycles. The zero-order valence-corrected chi connectivity index (χ0v) is 14.0. The summed E-state index contributed by atoms with van der Waals surface area (Å²) in [5, 5.41) is 9.65. The van der Waals surface area contributed by atoms with Gasteiger partial charge in [-0.1, -0.05) is 6.58 Å². The van der Waals surface area contributed by atoms with Gasteiger partial charge in [0, 0.05) is 18.4 Å². The first kappa shape index (κ1) is 19.2. The maximum Gasteiger partial charge on any atom is 0.443 e. The van der Waals surface area contributed by atoms with Crippen LogP contribution in [0.15, 0.2) is 12.2 Å². The molecule has 0 aromatic heterocycles. The lowest BCUT2D eigenvalue weighted by molar-refractivity contribution is -0.349. The maximum atomic E-state index is 12.9. The molecule has 2 aliphatic rings. The number of carbonyl (C=O) groups is 1. The fourth-order valence-corrected chi connectivity index (χ4v) is 3.32. The Morgan fingerprint density at radius 1 is 1.33 bits per heavy atom. The van der Waals surface area contributed by atoms with Crippen LogP contribution in [0, 0.1) is 0 Å². The Morgan fingerprint density at radius 2 is 1.96 bits per heavy atom. The van der Waals surface area contributed by atoms with Gasteiger partial charge in [0.2, 0.25) is 0 Å². The summed E-state index contributed by atoms with van der Waals surface area (Å²) >= 11 is 0. The average Bonchev–Trinajstić information content (AvgIpc) is 2.90. The van der Waals surface area contributed by atoms with Crippen LogP contribution in [-0.2, 0) is 19.0 Å². The first-order valence-electron chi connectivity index (χ1n) is 7.77. The van der Waals surface area contributed by atoms with Crippen molar-refractivity contribution in [3.8, 4) is 0 Å². The maximum absolute atomic E-state index is 12.9. The highest BCUT2D eigenvalue weighted by Gasteiger charge is 2.64. The Bertz CT molecular complexity index is 534. The van der Waals surface area contributed by atoms with Crippen molar-refractivity contribution in [3.05, 3.63) is 12.2 Å². The van der Waals surface area contributed by atoms with Crippen molar-refractivity contribution in [1.29, 1.82) is 0 Å². The first-order chi connectivity index (χ1) is 10.8. The Morgan fingerprint density at radius 3 is 2.46 bits per heavy atom. The van der Waals surface area contributed by atoms with Gasteiger partial charge in [-0.25, -0.2) is 4.79 Å². The summed E-state index contributed by atoms with van der Waals surface area (Å²) in [6.07, 6.45) is -4.50. The van der Waals surface area contributed by atoms with Crippen LogP contribution in [0.2, 0.25) is 0 Å². The van der Waals surface area contributed by atoms with Gasteiger partial charge < -0.3 is 19.3 Å². The molecule has 8 heteroatoms. The highest BCUT2D eigenvalue weighted by atomic mass is 19.4. The molecule has 4 unspecified atom stereocenters. The van der Waals surface area contributed by atoms with Crippen LogP contribution in [0.1, 0.15) is 46.5 Å². The number of esters is 1. The lowest BCUT2D eigenvalue weighted by Gasteiger charge is -2.35. The third-order valence-electron chi connectivity index (χ3n) is 4.44. The van der Waals surface area contributed by atoms with Crippen LogP contribution in [-0.4, -0.2) is 47.0 Å². The van der Waals surface area contributed by atoms with Gasteiger partial charge in [-0.3, -0.25) is 0 Å². The molecule has 1 N–H and O–H groups in total. The van der Waals surface area contributed by atoms with E-state index in [1.54, 1.807) is 13.8 Å². The van der Waals surface area contributed by atoms with E-state index < -0.39 is 35.6 Å². The van der Waals surface area contributed by atoms with E-state index in [2.05, 4.69) is 11.3 Å². The molecule has 0 amide bonds. The molecule has 4 atom stereocenters. The van der Waals surface area contributed by atoms with Crippen molar-refractivity contribution in [2.24, 2.45) is 0 Å². The Labute approximate surface area is 138 Å². The van der Waals surface area contributed by atoms with Crippen molar-refractivity contribution >= 4 is 5.97 Å². The highest BCUT2D eigenvalue weighted by Crippen LogP contribution is 2.47. The van der Waals surface area contributed by atoms with E-state index in [1.807, 2.05) is 0 Å². The molecular formula is C16H23F3O5. The van der Waals surface area contributed by atoms with Gasteiger partial charge in [0.05, 0.1) is 17.8 Å². The Kier molecular flexibility index (Phi) is 4.80. The summed E-state index contributed by atoms with van der Waals surface area (Å²) < 4.78 is 54.4. The van der Waals surface area contributed by atoms with Crippen molar-refractivity contribution < 1.29 is 37.3 Å². The second kappa shape index (κ2) is 6.00. The Balaban J connectivity index is 1.99. The van der Waals surface area contributed by atoms with Gasteiger partial charge in [0.1, 0.15) is 6.10 Å². The normalized spacial score (nSPS) is 39.9. The third-order valence-corrected chi connectivity index (χ3v) is 4.44. The minimum Gasteiger partial charge on any atom is -0.459 e. The second-order valence-corrected chi connectivity index (χ2v) is 7.30. The van der Waals surface area contributed by atoms with E-state index in [0.717, 1.165) is 0 Å². The van der Waals surface area contributed by atoms with Crippen LogP contribution < -0.4 is 0 Å². The van der Waals surface area contributed by atoms with Crippen LogP contribution in [0.25, 0.3) is 0 Å². The number of aliphatic hydroxyl groups is 1. The molecule has 2 rings (SSSR count). The van der Waals surface area contributed by atoms with E-state index in [9.17, 15) is 23.1 Å². The van der Waals surface area contributed by atoms with E-state index in [0.29, 0.717) is 19.3 Å². The molecule has 0 aromatic rings. The number of hydrogen-bond acceptors (Lipinski definition) is 5. The molecule has 2 fully saturated rings. The van der Waals surface area contributed by atoms with Crippen LogP contribution in [0.3, 0.4) is 0 Å². The van der Waals surface area contributed by atoms with Gasteiger partial charge in [-0.15, -0.1) is 0 Å². The topological polar surface area (TPSA) is 65.0 Å². The van der Waals surface area contributed by atoms with Crippen LogP contribution in [0.4, 0.5) is 13.2 Å². The zero-order chi connectivity index (χ0) is 18.4. The molecule has 1 aliphatic carbocycles. The number of halogens is 3. The predicted octanol–water partition coefficient (Wildman–Crippen LogP) is 2.86. The Hall–Kier alpha value is -1.12.